The molecular formula is C23H29FN4O3. The highest BCUT2D eigenvalue weighted by Crippen LogP contribution is 2.37. The Kier molecular flexibility index (Phi) is 6.20. The van der Waals surface area contributed by atoms with Crippen LogP contribution in [0.1, 0.15) is 45.0 Å². The number of aromatic nitrogens is 3. The van der Waals surface area contributed by atoms with Crippen LogP contribution in [0.5, 0.6) is 0 Å². The van der Waals surface area contributed by atoms with Gasteiger partial charge in [-0.15, -0.1) is 0 Å². The maximum atomic E-state index is 14.8. The predicted molar refractivity (Wildman–Crippen MR) is 117 cm³/mol. The van der Waals surface area contributed by atoms with Crippen LogP contribution in [0.25, 0.3) is 22.4 Å². The van der Waals surface area contributed by atoms with Gasteiger partial charge in [0.25, 0.3) is 5.89 Å². The molecule has 8 heteroatoms. The van der Waals surface area contributed by atoms with Gasteiger partial charge in [0.2, 0.25) is 0 Å². The molecule has 0 amide bonds. The van der Waals surface area contributed by atoms with Gasteiger partial charge in [0, 0.05) is 31.3 Å². The highest BCUT2D eigenvalue weighted by molar-refractivity contribution is 5.88. The fourth-order valence-electron chi connectivity index (χ4n) is 4.15. The van der Waals surface area contributed by atoms with E-state index < -0.39 is 5.79 Å². The lowest BCUT2D eigenvalue weighted by Crippen LogP contribution is -2.45. The van der Waals surface area contributed by atoms with Crippen molar-refractivity contribution >= 4 is 16.7 Å². The smallest absolute Gasteiger partial charge is 0.261 e. The summed E-state index contributed by atoms with van der Waals surface area (Å²) < 4.78 is 31.9. The van der Waals surface area contributed by atoms with Crippen LogP contribution in [0.2, 0.25) is 0 Å². The molecule has 0 N–H and O–H groups in total. The molecule has 0 unspecified atom stereocenters. The van der Waals surface area contributed by atoms with E-state index in [9.17, 15) is 4.39 Å². The number of halogens is 1. The minimum atomic E-state index is -0.490. The normalized spacial score (nSPS) is 17.8. The van der Waals surface area contributed by atoms with Gasteiger partial charge in [0.1, 0.15) is 17.2 Å². The minimum Gasteiger partial charge on any atom is -0.356 e. The van der Waals surface area contributed by atoms with E-state index >= 15 is 0 Å². The fraction of sp³-hybridized carbons (Fsp3) is 0.522. The topological polar surface area (TPSA) is 73.5 Å². The second-order valence-corrected chi connectivity index (χ2v) is 7.60. The molecule has 0 bridgehead atoms. The lowest BCUT2D eigenvalue weighted by molar-refractivity contribution is -0.169. The first kappa shape index (κ1) is 21.6. The van der Waals surface area contributed by atoms with Gasteiger partial charge < -0.3 is 18.9 Å². The summed E-state index contributed by atoms with van der Waals surface area (Å²) in [7, 11) is 0. The number of ether oxygens (including phenoxy) is 2. The number of rotatable bonds is 3. The Labute approximate surface area is 181 Å². The van der Waals surface area contributed by atoms with Crippen molar-refractivity contribution < 1.29 is 18.4 Å². The zero-order valence-corrected chi connectivity index (χ0v) is 18.6. The molecule has 0 aliphatic carbocycles. The highest BCUT2D eigenvalue weighted by atomic mass is 19.1. The van der Waals surface area contributed by atoms with Crippen molar-refractivity contribution in [2.45, 2.75) is 52.7 Å². The molecule has 7 nitrogen and oxygen atoms in total. The van der Waals surface area contributed by atoms with Crippen LogP contribution in [0.3, 0.4) is 0 Å². The van der Waals surface area contributed by atoms with E-state index in [4.69, 9.17) is 19.0 Å². The van der Waals surface area contributed by atoms with Crippen LogP contribution in [-0.4, -0.2) is 47.2 Å². The third-order valence-corrected chi connectivity index (χ3v) is 5.72. The first-order valence-electron chi connectivity index (χ1n) is 11.0. The van der Waals surface area contributed by atoms with Crippen LogP contribution in [0.15, 0.2) is 22.7 Å². The SMILES string of the molecule is CC.CCc1cc(F)c2nc(N3CCC4(CC3)OCCO4)c(-c3nc(C)no3)cc2c1. The molecule has 2 saturated heterocycles. The molecule has 2 aliphatic rings. The lowest BCUT2D eigenvalue weighted by atomic mass is 10.0. The molecule has 0 radical (unpaired) electrons. The van der Waals surface area contributed by atoms with Crippen molar-refractivity contribution in [3.8, 4) is 11.5 Å². The molecule has 1 aromatic carbocycles. The quantitative estimate of drug-likeness (QED) is 0.600. The number of anilines is 1. The van der Waals surface area contributed by atoms with Crippen LogP contribution in [-0.2, 0) is 15.9 Å². The number of benzene rings is 1. The Morgan fingerprint density at radius 3 is 2.39 bits per heavy atom. The van der Waals surface area contributed by atoms with Crippen LogP contribution in [0.4, 0.5) is 10.2 Å². The number of piperidine rings is 1. The Bertz CT molecular complexity index is 1050. The standard InChI is InChI=1S/C21H23FN4O3.C2H6/c1-3-14-10-15-12-16(20-23-13(2)25-29-20)19(24-18(15)17(22)11-14)26-6-4-21(5-7-26)27-8-9-28-21;1-2/h10-12H,3-9H2,1-2H3;1-2H3. The Morgan fingerprint density at radius 2 is 1.77 bits per heavy atom. The Balaban J connectivity index is 0.00000112. The van der Waals surface area contributed by atoms with Crippen LogP contribution in [0, 0.1) is 12.7 Å². The van der Waals surface area contributed by atoms with Crippen molar-refractivity contribution in [3.63, 3.8) is 0 Å². The summed E-state index contributed by atoms with van der Waals surface area (Å²) in [5.74, 6) is 0.783. The highest BCUT2D eigenvalue weighted by Gasteiger charge is 2.40. The average Bonchev–Trinajstić information content (AvgIpc) is 3.44. The molecule has 2 fully saturated rings. The van der Waals surface area contributed by atoms with Crippen molar-refractivity contribution in [2.75, 3.05) is 31.2 Å². The first-order chi connectivity index (χ1) is 15.1. The van der Waals surface area contributed by atoms with Gasteiger partial charge in [0.15, 0.2) is 11.6 Å². The number of pyridine rings is 1. The van der Waals surface area contributed by atoms with Gasteiger partial charge in [-0.25, -0.2) is 9.37 Å². The number of hydrogen-bond donors (Lipinski definition) is 0. The molecule has 0 saturated carbocycles. The first-order valence-corrected chi connectivity index (χ1v) is 11.0. The fourth-order valence-corrected chi connectivity index (χ4v) is 4.15. The Hall–Kier alpha value is -2.58. The van der Waals surface area contributed by atoms with E-state index in [-0.39, 0.29) is 5.82 Å². The summed E-state index contributed by atoms with van der Waals surface area (Å²) in [6, 6.07) is 5.42. The van der Waals surface area contributed by atoms with E-state index in [2.05, 4.69) is 15.0 Å². The molecular weight excluding hydrogens is 399 g/mol. The summed E-state index contributed by atoms with van der Waals surface area (Å²) in [6.07, 6.45) is 2.20. The monoisotopic (exact) mass is 428 g/mol. The molecule has 4 heterocycles. The van der Waals surface area contributed by atoms with E-state index in [1.165, 1.54) is 0 Å². The van der Waals surface area contributed by atoms with Gasteiger partial charge >= 0.3 is 0 Å². The van der Waals surface area contributed by atoms with E-state index in [1.807, 2.05) is 32.9 Å². The minimum absolute atomic E-state index is 0.315. The number of hydrogen-bond acceptors (Lipinski definition) is 7. The van der Waals surface area contributed by atoms with Gasteiger partial charge in [-0.1, -0.05) is 25.9 Å². The third kappa shape index (κ3) is 4.14. The molecule has 5 rings (SSSR count). The zero-order valence-electron chi connectivity index (χ0n) is 18.6. The number of nitrogens with zero attached hydrogens (tertiary/aromatic N) is 4. The summed E-state index contributed by atoms with van der Waals surface area (Å²) >= 11 is 0. The maximum absolute atomic E-state index is 14.8. The predicted octanol–water partition coefficient (Wildman–Crippen LogP) is 4.66. The van der Waals surface area contributed by atoms with Gasteiger partial charge in [-0.2, -0.15) is 4.98 Å². The molecule has 166 valence electrons. The molecule has 2 aromatic heterocycles. The van der Waals surface area contributed by atoms with E-state index in [0.29, 0.717) is 49.4 Å². The van der Waals surface area contributed by atoms with Crippen LogP contribution >= 0.6 is 0 Å². The molecule has 0 atom stereocenters. The molecule has 2 aliphatic heterocycles. The van der Waals surface area contributed by atoms with Gasteiger partial charge in [-0.05, 0) is 37.1 Å². The van der Waals surface area contributed by atoms with Crippen LogP contribution < -0.4 is 4.90 Å². The van der Waals surface area contributed by atoms with Crippen molar-refractivity contribution in [3.05, 3.63) is 35.4 Å². The molecule has 3 aromatic rings. The van der Waals surface area contributed by atoms with E-state index in [1.54, 1.807) is 13.0 Å². The lowest BCUT2D eigenvalue weighted by Gasteiger charge is -2.38. The average molecular weight is 429 g/mol. The van der Waals surface area contributed by atoms with E-state index in [0.717, 1.165) is 35.8 Å². The molecule has 1 spiro atoms. The summed E-state index contributed by atoms with van der Waals surface area (Å²) in [6.45, 7) is 10.4. The zero-order chi connectivity index (χ0) is 22.0. The second-order valence-electron chi connectivity index (χ2n) is 7.60. The maximum Gasteiger partial charge on any atom is 0.261 e. The summed E-state index contributed by atoms with van der Waals surface area (Å²) in [4.78, 5) is 11.2. The van der Waals surface area contributed by atoms with Crippen molar-refractivity contribution in [1.29, 1.82) is 0 Å². The summed E-state index contributed by atoms with van der Waals surface area (Å²) in [5, 5.41) is 4.65. The largest absolute Gasteiger partial charge is 0.356 e. The Morgan fingerprint density at radius 1 is 1.06 bits per heavy atom. The van der Waals surface area contributed by atoms with Gasteiger partial charge in [0.05, 0.1) is 18.8 Å². The third-order valence-electron chi connectivity index (χ3n) is 5.72. The van der Waals surface area contributed by atoms with Gasteiger partial charge in [-0.3, -0.25) is 0 Å². The second kappa shape index (κ2) is 8.88. The molecule has 31 heavy (non-hydrogen) atoms. The van der Waals surface area contributed by atoms with Crippen molar-refractivity contribution in [1.82, 2.24) is 15.1 Å². The number of aryl methyl sites for hydroxylation is 2. The number of fused-ring (bicyclic) bond motifs is 1. The van der Waals surface area contributed by atoms with Crippen molar-refractivity contribution in [2.24, 2.45) is 0 Å². The summed E-state index contributed by atoms with van der Waals surface area (Å²) in [5.41, 5.74) is 1.99.